The second kappa shape index (κ2) is 7.09. The first-order valence-electron chi connectivity index (χ1n) is 6.89. The quantitative estimate of drug-likeness (QED) is 0.883. The van der Waals surface area contributed by atoms with Gasteiger partial charge in [0.15, 0.2) is 11.5 Å². The van der Waals surface area contributed by atoms with E-state index in [1.165, 1.54) is 12.1 Å². The predicted octanol–water partition coefficient (Wildman–Crippen LogP) is 3.60. The van der Waals surface area contributed by atoms with E-state index >= 15 is 0 Å². The Bertz CT molecular complexity index is 611. The molecule has 0 bridgehead atoms. The van der Waals surface area contributed by atoms with Crippen LogP contribution in [0.15, 0.2) is 36.4 Å². The number of ether oxygens (including phenoxy) is 2. The number of benzene rings is 2. The minimum Gasteiger partial charge on any atom is -0.490 e. The number of para-hydroxylation sites is 1. The zero-order valence-corrected chi connectivity index (χ0v) is 12.2. The fourth-order valence-corrected chi connectivity index (χ4v) is 2.06. The van der Waals surface area contributed by atoms with Crippen molar-refractivity contribution in [3.63, 3.8) is 0 Å². The first-order chi connectivity index (χ1) is 10.2. The third-order valence-corrected chi connectivity index (χ3v) is 3.21. The van der Waals surface area contributed by atoms with Crippen molar-refractivity contribution in [1.29, 1.82) is 0 Å². The second-order valence-corrected chi connectivity index (χ2v) is 4.70. The van der Waals surface area contributed by atoms with Crippen molar-refractivity contribution in [3.05, 3.63) is 58.9 Å². The molecule has 0 atom stereocenters. The molecule has 0 radical (unpaired) electrons. The molecule has 1 N–H and O–H groups in total. The van der Waals surface area contributed by atoms with Crippen LogP contribution in [0.25, 0.3) is 0 Å². The minimum atomic E-state index is -0.292. The van der Waals surface area contributed by atoms with E-state index < -0.39 is 0 Å². The number of aliphatic hydroxyl groups is 1. The van der Waals surface area contributed by atoms with Crippen molar-refractivity contribution >= 4 is 0 Å². The van der Waals surface area contributed by atoms with Crippen molar-refractivity contribution in [3.8, 4) is 11.5 Å². The lowest BCUT2D eigenvalue weighted by Crippen LogP contribution is -2.04. The first kappa shape index (κ1) is 15.3. The predicted molar refractivity (Wildman–Crippen MR) is 79.0 cm³/mol. The smallest absolute Gasteiger partial charge is 0.167 e. The van der Waals surface area contributed by atoms with E-state index in [-0.39, 0.29) is 19.0 Å². The van der Waals surface area contributed by atoms with Gasteiger partial charge in [0, 0.05) is 5.56 Å². The van der Waals surface area contributed by atoms with Gasteiger partial charge in [-0.2, -0.15) is 0 Å². The number of hydrogen-bond donors (Lipinski definition) is 1. The van der Waals surface area contributed by atoms with E-state index in [2.05, 4.69) is 0 Å². The Labute approximate surface area is 124 Å². The zero-order chi connectivity index (χ0) is 15.2. The van der Waals surface area contributed by atoms with Crippen molar-refractivity contribution in [2.75, 3.05) is 6.61 Å². The molecule has 0 aliphatic rings. The van der Waals surface area contributed by atoms with Gasteiger partial charge in [-0.15, -0.1) is 0 Å². The fourth-order valence-electron chi connectivity index (χ4n) is 2.06. The summed E-state index contributed by atoms with van der Waals surface area (Å²) in [7, 11) is 0. The van der Waals surface area contributed by atoms with Crippen molar-refractivity contribution < 1.29 is 19.0 Å². The van der Waals surface area contributed by atoms with Gasteiger partial charge in [-0.3, -0.25) is 0 Å². The molecule has 0 fully saturated rings. The van der Waals surface area contributed by atoms with Crippen LogP contribution in [-0.2, 0) is 13.2 Å². The molecule has 0 heterocycles. The SMILES string of the molecule is CCOc1cccc(CO)c1OCc1cc(F)ccc1C. The average Bonchev–Trinajstić information content (AvgIpc) is 2.49. The van der Waals surface area contributed by atoms with Crippen LogP contribution in [0.5, 0.6) is 11.5 Å². The van der Waals surface area contributed by atoms with Crippen LogP contribution in [-0.4, -0.2) is 11.7 Å². The van der Waals surface area contributed by atoms with E-state index in [9.17, 15) is 9.50 Å². The summed E-state index contributed by atoms with van der Waals surface area (Å²) in [6.07, 6.45) is 0. The average molecular weight is 290 g/mol. The summed E-state index contributed by atoms with van der Waals surface area (Å²) in [5.41, 5.74) is 2.37. The van der Waals surface area contributed by atoms with Gasteiger partial charge in [-0.25, -0.2) is 4.39 Å². The Morgan fingerprint density at radius 2 is 1.90 bits per heavy atom. The number of rotatable bonds is 6. The largest absolute Gasteiger partial charge is 0.490 e. The maximum atomic E-state index is 13.3. The van der Waals surface area contributed by atoms with Gasteiger partial charge in [0.1, 0.15) is 12.4 Å². The molecule has 0 saturated carbocycles. The lowest BCUT2D eigenvalue weighted by molar-refractivity contribution is 0.243. The molecule has 0 aliphatic heterocycles. The maximum absolute atomic E-state index is 13.3. The highest BCUT2D eigenvalue weighted by molar-refractivity contribution is 5.46. The summed E-state index contributed by atoms with van der Waals surface area (Å²) in [4.78, 5) is 0. The van der Waals surface area contributed by atoms with Crippen molar-refractivity contribution in [1.82, 2.24) is 0 Å². The molecule has 4 heteroatoms. The Morgan fingerprint density at radius 3 is 2.62 bits per heavy atom. The van der Waals surface area contributed by atoms with Crippen LogP contribution in [0.3, 0.4) is 0 Å². The van der Waals surface area contributed by atoms with E-state index in [0.29, 0.717) is 23.7 Å². The highest BCUT2D eigenvalue weighted by Crippen LogP contribution is 2.32. The Hall–Kier alpha value is -2.07. The van der Waals surface area contributed by atoms with Gasteiger partial charge in [-0.1, -0.05) is 18.2 Å². The molecule has 2 rings (SSSR count). The third-order valence-electron chi connectivity index (χ3n) is 3.21. The molecule has 0 spiro atoms. The van der Waals surface area contributed by atoms with Crippen LogP contribution in [0, 0.1) is 12.7 Å². The Balaban J connectivity index is 2.24. The highest BCUT2D eigenvalue weighted by atomic mass is 19.1. The van der Waals surface area contributed by atoms with Gasteiger partial charge >= 0.3 is 0 Å². The van der Waals surface area contributed by atoms with E-state index in [1.54, 1.807) is 24.3 Å². The summed E-state index contributed by atoms with van der Waals surface area (Å²) in [6.45, 7) is 4.37. The topological polar surface area (TPSA) is 38.7 Å². The zero-order valence-electron chi connectivity index (χ0n) is 12.2. The molecule has 21 heavy (non-hydrogen) atoms. The minimum absolute atomic E-state index is 0.140. The van der Waals surface area contributed by atoms with E-state index in [1.807, 2.05) is 13.8 Å². The molecule has 2 aromatic carbocycles. The molecule has 0 saturated heterocycles. The summed E-state index contributed by atoms with van der Waals surface area (Å²) in [6, 6.07) is 9.96. The van der Waals surface area contributed by atoms with E-state index in [4.69, 9.17) is 9.47 Å². The molecule has 2 aromatic rings. The molecule has 0 aromatic heterocycles. The third kappa shape index (κ3) is 3.73. The molecule has 0 aliphatic carbocycles. The number of aliphatic hydroxyl groups excluding tert-OH is 1. The molecule has 0 amide bonds. The van der Waals surface area contributed by atoms with Crippen LogP contribution in [0.1, 0.15) is 23.6 Å². The molecular weight excluding hydrogens is 271 g/mol. The summed E-state index contributed by atoms with van der Waals surface area (Å²) >= 11 is 0. The summed E-state index contributed by atoms with van der Waals surface area (Å²) in [5, 5.41) is 9.41. The van der Waals surface area contributed by atoms with Gasteiger partial charge in [-0.05, 0) is 43.2 Å². The van der Waals surface area contributed by atoms with Crippen LogP contribution < -0.4 is 9.47 Å². The standard InChI is InChI=1S/C17H19FO3/c1-3-20-16-6-4-5-13(10-19)17(16)21-11-14-9-15(18)8-7-12(14)2/h4-9,19H,3,10-11H2,1-2H3. The maximum Gasteiger partial charge on any atom is 0.167 e. The normalized spacial score (nSPS) is 10.5. The van der Waals surface area contributed by atoms with Gasteiger partial charge in [0.2, 0.25) is 0 Å². The molecular formula is C17H19FO3. The second-order valence-electron chi connectivity index (χ2n) is 4.70. The van der Waals surface area contributed by atoms with Crippen LogP contribution in [0.2, 0.25) is 0 Å². The number of hydrogen-bond acceptors (Lipinski definition) is 3. The first-order valence-corrected chi connectivity index (χ1v) is 6.89. The van der Waals surface area contributed by atoms with Crippen molar-refractivity contribution in [2.45, 2.75) is 27.1 Å². The van der Waals surface area contributed by atoms with Gasteiger partial charge < -0.3 is 14.6 Å². The highest BCUT2D eigenvalue weighted by Gasteiger charge is 2.11. The molecule has 0 unspecified atom stereocenters. The van der Waals surface area contributed by atoms with Gasteiger partial charge in [0.05, 0.1) is 13.2 Å². The fraction of sp³-hybridized carbons (Fsp3) is 0.294. The van der Waals surface area contributed by atoms with E-state index in [0.717, 1.165) is 11.1 Å². The van der Waals surface area contributed by atoms with Crippen molar-refractivity contribution in [2.24, 2.45) is 0 Å². The van der Waals surface area contributed by atoms with Crippen LogP contribution >= 0.6 is 0 Å². The Morgan fingerprint density at radius 1 is 1.10 bits per heavy atom. The Kier molecular flexibility index (Phi) is 5.17. The van der Waals surface area contributed by atoms with Gasteiger partial charge in [0.25, 0.3) is 0 Å². The molecule has 3 nitrogen and oxygen atoms in total. The number of aryl methyl sites for hydroxylation is 1. The monoisotopic (exact) mass is 290 g/mol. The summed E-state index contributed by atoms with van der Waals surface area (Å²) in [5.74, 6) is 0.795. The molecule has 112 valence electrons. The lowest BCUT2D eigenvalue weighted by Gasteiger charge is -2.15. The number of halogens is 1. The summed E-state index contributed by atoms with van der Waals surface area (Å²) < 4.78 is 24.6. The lowest BCUT2D eigenvalue weighted by atomic mass is 10.1. The van der Waals surface area contributed by atoms with Crippen LogP contribution in [0.4, 0.5) is 4.39 Å².